The number of hydrogen-bond donors (Lipinski definition) is 3. The number of aromatic amines is 1. The molecule has 3 aromatic rings. The van der Waals surface area contributed by atoms with Crippen molar-refractivity contribution in [3.8, 4) is 0 Å². The van der Waals surface area contributed by atoms with Crippen LogP contribution in [0.15, 0.2) is 46.9 Å². The Kier molecular flexibility index (Phi) is 4.12. The molecule has 0 aliphatic carbocycles. The molecule has 0 aliphatic rings. The zero-order chi connectivity index (χ0) is 16.4. The molecule has 0 atom stereocenters. The number of benzene rings is 2. The van der Waals surface area contributed by atoms with Crippen molar-refractivity contribution in [3.63, 3.8) is 0 Å². The van der Waals surface area contributed by atoms with Gasteiger partial charge in [0, 0.05) is 9.86 Å². The maximum atomic E-state index is 12.2. The van der Waals surface area contributed by atoms with Gasteiger partial charge in [-0.05, 0) is 47.1 Å². The summed E-state index contributed by atoms with van der Waals surface area (Å²) >= 11 is 3.29. The number of nitrogens with one attached hydrogen (secondary N) is 3. The van der Waals surface area contributed by atoms with Crippen molar-refractivity contribution in [3.05, 3.63) is 63.8 Å². The zero-order valence-corrected chi connectivity index (χ0v) is 13.8. The third-order valence-electron chi connectivity index (χ3n) is 3.34. The van der Waals surface area contributed by atoms with E-state index in [0.29, 0.717) is 15.4 Å². The van der Waals surface area contributed by atoms with Crippen LogP contribution in [0, 0.1) is 6.92 Å². The van der Waals surface area contributed by atoms with Gasteiger partial charge in [0.15, 0.2) is 5.69 Å². The highest BCUT2D eigenvalue weighted by Crippen LogP contribution is 2.17. The standard InChI is InChI=1S/C16H13BrN4O2/c1-9-6-7-13-11(8-9)14(19-18-13)16(23)21-20-15(22)10-4-2-3-5-12(10)17/h2-8H,1H3,(H,18,19)(H,20,22)(H,21,23). The number of amides is 2. The molecule has 116 valence electrons. The van der Waals surface area contributed by atoms with Gasteiger partial charge < -0.3 is 0 Å². The lowest BCUT2D eigenvalue weighted by atomic mass is 10.1. The Hall–Kier alpha value is -2.67. The van der Waals surface area contributed by atoms with Crippen LogP contribution in [0.25, 0.3) is 10.9 Å². The van der Waals surface area contributed by atoms with E-state index in [1.807, 2.05) is 25.1 Å². The number of carbonyl (C=O) groups is 2. The first kappa shape index (κ1) is 15.2. The number of halogens is 1. The van der Waals surface area contributed by atoms with Gasteiger partial charge in [-0.25, -0.2) is 0 Å². The Labute approximate surface area is 140 Å². The van der Waals surface area contributed by atoms with Gasteiger partial charge in [-0.3, -0.25) is 25.5 Å². The van der Waals surface area contributed by atoms with Gasteiger partial charge in [-0.15, -0.1) is 0 Å². The van der Waals surface area contributed by atoms with Crippen molar-refractivity contribution >= 4 is 38.6 Å². The zero-order valence-electron chi connectivity index (χ0n) is 12.2. The molecule has 2 aromatic carbocycles. The second-order valence-electron chi connectivity index (χ2n) is 5.01. The number of aromatic nitrogens is 2. The van der Waals surface area contributed by atoms with Crippen molar-refractivity contribution < 1.29 is 9.59 Å². The average Bonchev–Trinajstić information content (AvgIpc) is 2.95. The normalized spacial score (nSPS) is 10.5. The van der Waals surface area contributed by atoms with Crippen molar-refractivity contribution in [2.24, 2.45) is 0 Å². The highest BCUT2D eigenvalue weighted by atomic mass is 79.9. The molecule has 1 aromatic heterocycles. The molecule has 6 nitrogen and oxygen atoms in total. The summed E-state index contributed by atoms with van der Waals surface area (Å²) in [5.41, 5.74) is 7.20. The van der Waals surface area contributed by atoms with E-state index in [2.05, 4.69) is 37.0 Å². The number of H-pyrrole nitrogens is 1. The maximum Gasteiger partial charge on any atom is 0.290 e. The van der Waals surface area contributed by atoms with Gasteiger partial charge in [0.25, 0.3) is 11.8 Å². The largest absolute Gasteiger partial charge is 0.290 e. The number of hydrogen-bond acceptors (Lipinski definition) is 3. The monoisotopic (exact) mass is 372 g/mol. The van der Waals surface area contributed by atoms with Crippen LogP contribution in [0.4, 0.5) is 0 Å². The Morgan fingerprint density at radius 2 is 1.83 bits per heavy atom. The smallest absolute Gasteiger partial charge is 0.277 e. The number of nitrogens with zero attached hydrogens (tertiary/aromatic N) is 1. The van der Waals surface area contributed by atoms with Crippen molar-refractivity contribution in [2.45, 2.75) is 6.92 Å². The van der Waals surface area contributed by atoms with Crippen LogP contribution in [-0.2, 0) is 0 Å². The van der Waals surface area contributed by atoms with Gasteiger partial charge in [0.05, 0.1) is 11.1 Å². The Morgan fingerprint density at radius 3 is 2.61 bits per heavy atom. The quantitative estimate of drug-likeness (QED) is 0.604. The second-order valence-corrected chi connectivity index (χ2v) is 5.86. The molecular weight excluding hydrogens is 360 g/mol. The van der Waals surface area contributed by atoms with Gasteiger partial charge in [0.1, 0.15) is 0 Å². The minimum Gasteiger partial charge on any atom is -0.277 e. The molecule has 3 rings (SSSR count). The predicted octanol–water partition coefficient (Wildman–Crippen LogP) is 2.71. The average molecular weight is 373 g/mol. The molecule has 0 bridgehead atoms. The van der Waals surface area contributed by atoms with Crippen LogP contribution in [-0.4, -0.2) is 22.0 Å². The van der Waals surface area contributed by atoms with Gasteiger partial charge in [0.2, 0.25) is 0 Å². The molecule has 0 spiro atoms. The van der Waals surface area contributed by atoms with E-state index >= 15 is 0 Å². The van der Waals surface area contributed by atoms with Crippen molar-refractivity contribution in [1.29, 1.82) is 0 Å². The number of aryl methyl sites for hydroxylation is 1. The molecule has 7 heteroatoms. The van der Waals surface area contributed by atoms with Crippen LogP contribution in [0.1, 0.15) is 26.4 Å². The highest BCUT2D eigenvalue weighted by molar-refractivity contribution is 9.10. The second kappa shape index (κ2) is 6.21. The Bertz CT molecular complexity index is 904. The summed E-state index contributed by atoms with van der Waals surface area (Å²) < 4.78 is 0.646. The summed E-state index contributed by atoms with van der Waals surface area (Å²) in [6, 6.07) is 12.6. The summed E-state index contributed by atoms with van der Waals surface area (Å²) in [5, 5.41) is 7.51. The molecular formula is C16H13BrN4O2. The van der Waals surface area contributed by atoms with Crippen molar-refractivity contribution in [1.82, 2.24) is 21.0 Å². The van der Waals surface area contributed by atoms with Crippen LogP contribution in [0.2, 0.25) is 0 Å². The summed E-state index contributed by atoms with van der Waals surface area (Å²) in [7, 11) is 0. The van der Waals surface area contributed by atoms with Gasteiger partial charge in [-0.2, -0.15) is 5.10 Å². The summed E-state index contributed by atoms with van der Waals surface area (Å²) in [6.45, 7) is 1.93. The fourth-order valence-electron chi connectivity index (χ4n) is 2.19. The lowest BCUT2D eigenvalue weighted by Gasteiger charge is -2.07. The lowest BCUT2D eigenvalue weighted by Crippen LogP contribution is -2.42. The SMILES string of the molecule is Cc1ccc2[nH]nc(C(=O)NNC(=O)c3ccccc3Br)c2c1. The number of rotatable bonds is 2. The van der Waals surface area contributed by atoms with Gasteiger partial charge in [-0.1, -0.05) is 23.8 Å². The lowest BCUT2D eigenvalue weighted by molar-refractivity contribution is 0.0844. The predicted molar refractivity (Wildman–Crippen MR) is 89.9 cm³/mol. The van der Waals surface area contributed by atoms with Crippen LogP contribution >= 0.6 is 15.9 Å². The van der Waals surface area contributed by atoms with Gasteiger partial charge >= 0.3 is 0 Å². The van der Waals surface area contributed by atoms with E-state index in [-0.39, 0.29) is 5.69 Å². The van der Waals surface area contributed by atoms with Crippen molar-refractivity contribution in [2.75, 3.05) is 0 Å². The molecule has 3 N–H and O–H groups in total. The molecule has 0 fully saturated rings. The minimum absolute atomic E-state index is 0.233. The van der Waals surface area contributed by atoms with E-state index in [4.69, 9.17) is 0 Å². The third kappa shape index (κ3) is 3.09. The number of fused-ring (bicyclic) bond motifs is 1. The molecule has 23 heavy (non-hydrogen) atoms. The van der Waals surface area contributed by atoms with E-state index in [1.165, 1.54) is 0 Å². The van der Waals surface area contributed by atoms with E-state index < -0.39 is 11.8 Å². The van der Waals surface area contributed by atoms with Crippen LogP contribution in [0.5, 0.6) is 0 Å². The van der Waals surface area contributed by atoms with E-state index in [1.54, 1.807) is 24.3 Å². The van der Waals surface area contributed by atoms with Crippen LogP contribution < -0.4 is 10.9 Å². The Morgan fingerprint density at radius 1 is 1.09 bits per heavy atom. The summed E-state index contributed by atoms with van der Waals surface area (Å²) in [6.07, 6.45) is 0. The number of carbonyl (C=O) groups excluding carboxylic acids is 2. The number of hydrazine groups is 1. The maximum absolute atomic E-state index is 12.2. The van der Waals surface area contributed by atoms with E-state index in [0.717, 1.165) is 11.1 Å². The molecule has 0 aliphatic heterocycles. The highest BCUT2D eigenvalue weighted by Gasteiger charge is 2.16. The van der Waals surface area contributed by atoms with E-state index in [9.17, 15) is 9.59 Å². The summed E-state index contributed by atoms with van der Waals surface area (Å²) in [5.74, 6) is -0.899. The molecule has 0 unspecified atom stereocenters. The fourth-order valence-corrected chi connectivity index (χ4v) is 2.65. The topological polar surface area (TPSA) is 86.9 Å². The first-order valence-corrected chi connectivity index (χ1v) is 7.65. The minimum atomic E-state index is -0.484. The molecule has 1 heterocycles. The third-order valence-corrected chi connectivity index (χ3v) is 4.03. The molecule has 0 saturated carbocycles. The Balaban J connectivity index is 1.75. The fraction of sp³-hybridized carbons (Fsp3) is 0.0625. The first-order chi connectivity index (χ1) is 11.1. The first-order valence-electron chi connectivity index (χ1n) is 6.86. The molecule has 2 amide bonds. The summed E-state index contributed by atoms with van der Waals surface area (Å²) in [4.78, 5) is 24.3. The van der Waals surface area contributed by atoms with Crippen LogP contribution in [0.3, 0.4) is 0 Å². The molecule has 0 radical (unpaired) electrons. The molecule has 0 saturated heterocycles.